The summed E-state index contributed by atoms with van der Waals surface area (Å²) in [5.74, 6) is -5.37. The van der Waals surface area contributed by atoms with E-state index in [1.54, 1.807) is 6.92 Å². The van der Waals surface area contributed by atoms with E-state index in [1.807, 2.05) is 19.9 Å². The molecule has 14 unspecified atom stereocenters. The number of aliphatic carboxylic acids is 3. The number of aliphatic hydroxyl groups is 5. The van der Waals surface area contributed by atoms with Crippen LogP contribution in [0.3, 0.4) is 0 Å². The summed E-state index contributed by atoms with van der Waals surface area (Å²) in [6.45, 7) is 14.6. The van der Waals surface area contributed by atoms with E-state index in [4.69, 9.17) is 18.9 Å². The molecule has 2 heterocycles. The number of ketones is 1. The predicted molar refractivity (Wildman–Crippen MR) is 192 cm³/mol. The third-order valence-electron chi connectivity index (χ3n) is 17.2. The van der Waals surface area contributed by atoms with Gasteiger partial charge in [0.05, 0.1) is 18.0 Å². The molecule has 19 atom stereocenters. The van der Waals surface area contributed by atoms with Crippen LogP contribution in [0.15, 0.2) is 11.6 Å². The largest absolute Gasteiger partial charge is 1.00 e. The van der Waals surface area contributed by atoms with Crippen LogP contribution >= 0.6 is 0 Å². The molecule has 0 aromatic carbocycles. The third kappa shape index (κ3) is 8.39. The number of carbonyl (C=O) groups is 4. The quantitative estimate of drug-likeness (QED) is 0.117. The zero-order valence-corrected chi connectivity index (χ0v) is 40.4. The number of carboxylic acid groups (broad SMARTS) is 3. The van der Waals surface area contributed by atoms with Crippen molar-refractivity contribution in [1.29, 1.82) is 0 Å². The summed E-state index contributed by atoms with van der Waals surface area (Å²) in [4.78, 5) is 50.9. The van der Waals surface area contributed by atoms with Crippen LogP contribution in [0, 0.1) is 50.2 Å². The molecule has 2 aliphatic heterocycles. The molecule has 6 fully saturated rings. The summed E-state index contributed by atoms with van der Waals surface area (Å²) in [6.07, 6.45) is -13.4. The zero-order chi connectivity index (χ0) is 42.9. The number of ether oxygens (including phenoxy) is 4. The van der Waals surface area contributed by atoms with Crippen LogP contribution in [-0.2, 0) is 38.1 Å². The molecule has 0 aromatic rings. The maximum absolute atomic E-state index is 14.8. The molecule has 19 heteroatoms. The number of fused-ring (bicyclic) bond motifs is 7. The van der Waals surface area contributed by atoms with Gasteiger partial charge in [0, 0.05) is 17.3 Å². The van der Waals surface area contributed by atoms with Crippen LogP contribution in [0.5, 0.6) is 0 Å². The van der Waals surface area contributed by atoms with Crippen LogP contribution in [0.25, 0.3) is 0 Å². The fourth-order valence-electron chi connectivity index (χ4n) is 13.3. The molecule has 0 amide bonds. The van der Waals surface area contributed by atoms with Gasteiger partial charge in [-0.2, -0.15) is 0 Å². The van der Waals surface area contributed by atoms with Gasteiger partial charge in [-0.15, -0.1) is 0 Å². The first-order valence-corrected chi connectivity index (χ1v) is 20.7. The Hall–Kier alpha value is 0.291. The van der Waals surface area contributed by atoms with E-state index in [9.17, 15) is 60.0 Å². The van der Waals surface area contributed by atoms with Gasteiger partial charge in [-0.25, -0.2) is 0 Å². The van der Waals surface area contributed by atoms with E-state index in [0.717, 1.165) is 24.8 Å². The molecule has 0 bridgehead atoms. The van der Waals surface area contributed by atoms with Crippen LogP contribution in [0.2, 0.25) is 0 Å². The summed E-state index contributed by atoms with van der Waals surface area (Å²) in [5, 5.41) is 89.2. The Morgan fingerprint density at radius 1 is 0.705 bits per heavy atom. The molecule has 0 radical (unpaired) electrons. The second-order valence-electron chi connectivity index (χ2n) is 20.6. The first-order valence-electron chi connectivity index (χ1n) is 20.7. The van der Waals surface area contributed by atoms with E-state index in [1.165, 1.54) is 0 Å². The summed E-state index contributed by atoms with van der Waals surface area (Å²) >= 11 is 0. The van der Waals surface area contributed by atoms with E-state index < -0.39 is 107 Å². The number of carboxylic acids is 3. The molecule has 16 nitrogen and oxygen atoms in total. The smallest absolute Gasteiger partial charge is 0.550 e. The molecule has 5 N–H and O–H groups in total. The summed E-state index contributed by atoms with van der Waals surface area (Å²) in [7, 11) is 0. The Balaban J connectivity index is 0.00000273. The molecule has 7 aliphatic rings. The Kier molecular flexibility index (Phi) is 16.3. The van der Waals surface area contributed by atoms with Gasteiger partial charge in [-0.3, -0.25) is 4.79 Å². The second kappa shape index (κ2) is 18.4. The normalized spacial score (nSPS) is 50.0. The van der Waals surface area contributed by atoms with Gasteiger partial charge in [0.25, 0.3) is 0 Å². The second-order valence-corrected chi connectivity index (χ2v) is 20.6. The fraction of sp³-hybridized carbons (Fsp3) is 0.857. The average molecular weight is 873 g/mol. The summed E-state index contributed by atoms with van der Waals surface area (Å²) in [6, 6.07) is 0. The summed E-state index contributed by atoms with van der Waals surface area (Å²) in [5.41, 5.74) is -2.11. The van der Waals surface area contributed by atoms with E-state index in [2.05, 4.69) is 27.7 Å². The van der Waals surface area contributed by atoms with Crippen LogP contribution in [0.4, 0.5) is 0 Å². The van der Waals surface area contributed by atoms with Crippen molar-refractivity contribution in [1.82, 2.24) is 0 Å². The number of carbonyl (C=O) groups excluding carboxylic acids is 4. The molecule has 4 saturated carbocycles. The van der Waals surface area contributed by atoms with Crippen molar-refractivity contribution in [2.45, 2.75) is 174 Å². The van der Waals surface area contributed by atoms with Gasteiger partial charge in [0.2, 0.25) is 0 Å². The minimum atomic E-state index is -2.16. The van der Waals surface area contributed by atoms with Crippen molar-refractivity contribution in [3.8, 4) is 0 Å². The van der Waals surface area contributed by atoms with Gasteiger partial charge in [-0.05, 0) is 103 Å². The first-order chi connectivity index (χ1) is 26.8. The fourth-order valence-corrected chi connectivity index (χ4v) is 13.3. The van der Waals surface area contributed by atoms with Crippen LogP contribution in [-0.4, -0.2) is 117 Å². The number of rotatable bonds is 7. The Morgan fingerprint density at radius 2 is 1.26 bits per heavy atom. The Bertz CT molecular complexity index is 1750. The average Bonchev–Trinajstić information content (AvgIpc) is 3.13. The van der Waals surface area contributed by atoms with E-state index in [-0.39, 0.29) is 123 Å². The first kappa shape index (κ1) is 53.9. The van der Waals surface area contributed by atoms with Gasteiger partial charge >= 0.3 is 89.1 Å². The molecule has 7 rings (SSSR count). The van der Waals surface area contributed by atoms with Gasteiger partial charge in [0.15, 0.2) is 18.4 Å². The van der Waals surface area contributed by atoms with E-state index >= 15 is 0 Å². The Labute approximate surface area is 423 Å². The predicted octanol–water partition coefficient (Wildman–Crippen LogP) is -10.7. The van der Waals surface area contributed by atoms with E-state index in [0.29, 0.717) is 38.5 Å². The standard InChI is InChI=1S/C42H62O16.K.2Li/c1-37(2)21-8-11-42(7)31(20(43)16-18-19-17-39(4,36(53)54)13-12-38(19,3)14-15-41(18,42)6)40(21,5)10-9-22(37)55-35-30(26(47)25(46)29(57-35)33(51)52)58-34-27(48)23(44)24(45)28(56-34)32(49)50;;;/h16,19,21-31,34-35,44-48H,8-15,17H2,1-7H3,(H,49,50)(H,51,52)(H,53,54);;;/q;3*+1/p-3/t19?,21?,22?,23?,24?,25?,26?,27?,28?,29?,30?,31?,34?,35?,38-,39+,40+,41-,42-;;;/m1.../s1. The molecule has 326 valence electrons. The van der Waals surface area contributed by atoms with Crippen LogP contribution < -0.4 is 104 Å². The van der Waals surface area contributed by atoms with Crippen molar-refractivity contribution in [3.05, 3.63) is 11.6 Å². The van der Waals surface area contributed by atoms with Crippen molar-refractivity contribution in [2.24, 2.45) is 50.2 Å². The molecular weight excluding hydrogens is 813 g/mol. The molecule has 0 aromatic heterocycles. The SMILES string of the molecule is CC1(C)C(OC2OC(C(=O)[O-])C(O)C(O)C2OC2OC(C(=O)[O-])C(O)C(O)C2O)CC[C@@]2(C)C1CC[C@]1(C)C2C(=O)C=C2C3C[C@@](C)(C(=O)[O-])CC[C@]3(C)CC[C@]21C.[K+].[Li+].[Li+]. The number of aliphatic hydroxyl groups excluding tert-OH is 5. The van der Waals surface area contributed by atoms with Gasteiger partial charge in [-0.1, -0.05) is 54.0 Å². The van der Waals surface area contributed by atoms with Crippen molar-refractivity contribution < 1.29 is 168 Å². The molecule has 0 spiro atoms. The van der Waals surface area contributed by atoms with Gasteiger partial charge < -0.3 is 74.2 Å². The number of hydrogen-bond donors (Lipinski definition) is 5. The zero-order valence-electron chi connectivity index (χ0n) is 37.3. The van der Waals surface area contributed by atoms with Crippen LogP contribution in [0.1, 0.15) is 106 Å². The third-order valence-corrected chi connectivity index (χ3v) is 17.2. The van der Waals surface area contributed by atoms with Crippen molar-refractivity contribution >= 4 is 23.7 Å². The Morgan fingerprint density at radius 3 is 1.84 bits per heavy atom. The number of allylic oxidation sites excluding steroid dienone is 2. The summed E-state index contributed by atoms with van der Waals surface area (Å²) < 4.78 is 23.1. The molecule has 5 aliphatic carbocycles. The monoisotopic (exact) mass is 872 g/mol. The minimum absolute atomic E-state index is 0. The minimum Gasteiger partial charge on any atom is -0.550 e. The number of hydrogen-bond acceptors (Lipinski definition) is 16. The van der Waals surface area contributed by atoms with Crippen molar-refractivity contribution in [2.75, 3.05) is 0 Å². The molecular formula is C42H59KLi2O16. The molecule has 61 heavy (non-hydrogen) atoms. The molecule has 2 saturated heterocycles. The van der Waals surface area contributed by atoms with Crippen molar-refractivity contribution in [3.63, 3.8) is 0 Å². The maximum atomic E-state index is 14.8. The topological polar surface area (TPSA) is 276 Å². The van der Waals surface area contributed by atoms with Gasteiger partial charge in [0.1, 0.15) is 48.8 Å². The maximum Gasteiger partial charge on any atom is 1.00 e.